The van der Waals surface area contributed by atoms with Crippen LogP contribution in [0.1, 0.15) is 31.7 Å². The van der Waals surface area contributed by atoms with Crippen molar-refractivity contribution in [2.75, 3.05) is 6.54 Å². The zero-order valence-electron chi connectivity index (χ0n) is 11.7. The molecule has 0 aliphatic heterocycles. The topological polar surface area (TPSA) is 56.2 Å². The van der Waals surface area contributed by atoms with Crippen molar-refractivity contribution in [2.24, 2.45) is 5.73 Å². The van der Waals surface area contributed by atoms with Crippen molar-refractivity contribution in [1.29, 1.82) is 0 Å². The predicted octanol–water partition coefficient (Wildman–Crippen LogP) is 3.95. The Bertz CT molecular complexity index is 616. The molecule has 0 atom stereocenters. The lowest BCUT2D eigenvalue weighted by Gasteiger charge is -2.08. The molecule has 2 rings (SSSR count). The van der Waals surface area contributed by atoms with E-state index in [0.717, 1.165) is 6.54 Å². The van der Waals surface area contributed by atoms with Gasteiger partial charge in [0.25, 0.3) is 0 Å². The Kier molecular flexibility index (Phi) is 6.42. The van der Waals surface area contributed by atoms with Crippen molar-refractivity contribution in [3.05, 3.63) is 46.3 Å². The van der Waals surface area contributed by atoms with Gasteiger partial charge in [-0.1, -0.05) is 38.0 Å². The molecule has 0 aliphatic rings. The maximum atomic E-state index is 12.5. The summed E-state index contributed by atoms with van der Waals surface area (Å²) in [6.07, 6.45) is -0.792. The summed E-state index contributed by atoms with van der Waals surface area (Å²) in [5.74, 6) is 0. The molecular weight excluding hydrogens is 283 g/mol. The van der Waals surface area contributed by atoms with E-state index in [9.17, 15) is 18.0 Å². The summed E-state index contributed by atoms with van der Waals surface area (Å²) in [5.41, 5.74) is 3.19. The SMILES string of the molecule is CCCCCN.O=c1cc(C(F)(F)F)c2ccccc2o1. The normalized spacial score (nSPS) is 11.1. The molecule has 116 valence electrons. The second-order valence-electron chi connectivity index (χ2n) is 4.47. The summed E-state index contributed by atoms with van der Waals surface area (Å²) in [6, 6.07) is 6.01. The molecule has 0 radical (unpaired) electrons. The third-order valence-electron chi connectivity index (χ3n) is 2.76. The highest BCUT2D eigenvalue weighted by molar-refractivity contribution is 5.80. The number of para-hydroxylation sites is 1. The molecule has 0 amide bonds. The number of hydrogen-bond donors (Lipinski definition) is 1. The van der Waals surface area contributed by atoms with Gasteiger partial charge in [0.05, 0.1) is 5.56 Å². The van der Waals surface area contributed by atoms with E-state index in [1.54, 1.807) is 0 Å². The van der Waals surface area contributed by atoms with Crippen LogP contribution in [0.5, 0.6) is 0 Å². The second kappa shape index (κ2) is 7.83. The number of alkyl halides is 3. The van der Waals surface area contributed by atoms with E-state index in [1.807, 2.05) is 0 Å². The summed E-state index contributed by atoms with van der Waals surface area (Å²) in [7, 11) is 0. The monoisotopic (exact) mass is 301 g/mol. The van der Waals surface area contributed by atoms with Gasteiger partial charge in [0.2, 0.25) is 0 Å². The molecule has 2 N–H and O–H groups in total. The Labute approximate surface area is 120 Å². The van der Waals surface area contributed by atoms with Gasteiger partial charge < -0.3 is 10.2 Å². The quantitative estimate of drug-likeness (QED) is 0.690. The molecule has 0 saturated carbocycles. The Morgan fingerprint density at radius 1 is 1.19 bits per heavy atom. The van der Waals surface area contributed by atoms with Gasteiger partial charge in [-0.2, -0.15) is 13.2 Å². The van der Waals surface area contributed by atoms with Gasteiger partial charge in [-0.05, 0) is 19.0 Å². The highest BCUT2D eigenvalue weighted by Crippen LogP contribution is 2.33. The zero-order chi connectivity index (χ0) is 15.9. The number of benzene rings is 1. The van der Waals surface area contributed by atoms with E-state index >= 15 is 0 Å². The van der Waals surface area contributed by atoms with Gasteiger partial charge in [0, 0.05) is 11.5 Å². The van der Waals surface area contributed by atoms with Crippen molar-refractivity contribution in [1.82, 2.24) is 0 Å². The molecule has 6 heteroatoms. The van der Waals surface area contributed by atoms with Crippen LogP contribution in [-0.4, -0.2) is 6.54 Å². The molecule has 1 heterocycles. The van der Waals surface area contributed by atoms with Crippen LogP contribution in [0.3, 0.4) is 0 Å². The van der Waals surface area contributed by atoms with Gasteiger partial charge >= 0.3 is 11.8 Å². The molecule has 0 unspecified atom stereocenters. The maximum absolute atomic E-state index is 12.5. The van der Waals surface area contributed by atoms with Crippen molar-refractivity contribution in [2.45, 2.75) is 32.4 Å². The van der Waals surface area contributed by atoms with E-state index in [4.69, 9.17) is 5.73 Å². The molecule has 0 aliphatic carbocycles. The highest BCUT2D eigenvalue weighted by Gasteiger charge is 2.33. The van der Waals surface area contributed by atoms with Crippen molar-refractivity contribution >= 4 is 11.0 Å². The van der Waals surface area contributed by atoms with Crippen LogP contribution in [0.15, 0.2) is 39.5 Å². The average molecular weight is 301 g/mol. The van der Waals surface area contributed by atoms with Gasteiger partial charge in [-0.15, -0.1) is 0 Å². The molecular formula is C15H18F3NO2. The summed E-state index contributed by atoms with van der Waals surface area (Å²) < 4.78 is 42.2. The average Bonchev–Trinajstić information content (AvgIpc) is 2.44. The molecule has 1 aromatic heterocycles. The summed E-state index contributed by atoms with van der Waals surface area (Å²) in [5, 5.41) is -0.107. The van der Waals surface area contributed by atoms with Crippen molar-refractivity contribution in [3.8, 4) is 0 Å². The van der Waals surface area contributed by atoms with E-state index in [2.05, 4.69) is 11.3 Å². The van der Waals surface area contributed by atoms with E-state index in [-0.39, 0.29) is 11.0 Å². The molecule has 0 saturated heterocycles. The number of unbranched alkanes of at least 4 members (excludes halogenated alkanes) is 2. The minimum Gasteiger partial charge on any atom is -0.423 e. The van der Waals surface area contributed by atoms with Gasteiger partial charge in [0.15, 0.2) is 0 Å². The summed E-state index contributed by atoms with van der Waals surface area (Å²) >= 11 is 0. The number of rotatable bonds is 3. The second-order valence-corrected chi connectivity index (χ2v) is 4.47. The fourth-order valence-corrected chi connectivity index (χ4v) is 1.74. The molecule has 1 aromatic carbocycles. The molecule has 2 aromatic rings. The zero-order valence-corrected chi connectivity index (χ0v) is 11.7. The lowest BCUT2D eigenvalue weighted by Crippen LogP contribution is -2.10. The fourth-order valence-electron chi connectivity index (χ4n) is 1.74. The maximum Gasteiger partial charge on any atom is 0.417 e. The van der Waals surface area contributed by atoms with Gasteiger partial charge in [-0.3, -0.25) is 0 Å². The number of hydrogen-bond acceptors (Lipinski definition) is 3. The highest BCUT2D eigenvalue weighted by atomic mass is 19.4. The first-order chi connectivity index (χ1) is 9.90. The van der Waals surface area contributed by atoms with E-state index in [0.29, 0.717) is 6.07 Å². The number of fused-ring (bicyclic) bond motifs is 1. The third-order valence-corrected chi connectivity index (χ3v) is 2.76. The number of halogens is 3. The van der Waals surface area contributed by atoms with Crippen LogP contribution in [0.25, 0.3) is 11.0 Å². The fraction of sp³-hybridized carbons (Fsp3) is 0.400. The first-order valence-electron chi connectivity index (χ1n) is 6.70. The number of nitrogens with two attached hydrogens (primary N) is 1. The van der Waals surface area contributed by atoms with Crippen LogP contribution in [0.2, 0.25) is 0 Å². The summed E-state index contributed by atoms with van der Waals surface area (Å²) in [6.45, 7) is 3.03. The third kappa shape index (κ3) is 5.23. The molecule has 21 heavy (non-hydrogen) atoms. The first kappa shape index (κ1) is 17.2. The van der Waals surface area contributed by atoms with Crippen LogP contribution in [0.4, 0.5) is 13.2 Å². The molecule has 0 spiro atoms. The molecule has 0 fully saturated rings. The molecule has 3 nitrogen and oxygen atoms in total. The van der Waals surface area contributed by atoms with Gasteiger partial charge in [-0.25, -0.2) is 4.79 Å². The Morgan fingerprint density at radius 2 is 1.86 bits per heavy atom. The smallest absolute Gasteiger partial charge is 0.417 e. The lowest BCUT2D eigenvalue weighted by atomic mass is 10.1. The molecule has 0 bridgehead atoms. The van der Waals surface area contributed by atoms with Crippen LogP contribution < -0.4 is 11.4 Å². The lowest BCUT2D eigenvalue weighted by molar-refractivity contribution is -0.136. The Hall–Kier alpha value is -1.82. The largest absolute Gasteiger partial charge is 0.423 e. The van der Waals surface area contributed by atoms with Crippen LogP contribution >= 0.6 is 0 Å². The van der Waals surface area contributed by atoms with E-state index < -0.39 is 17.4 Å². The Balaban J connectivity index is 0.000000315. The van der Waals surface area contributed by atoms with Crippen LogP contribution in [-0.2, 0) is 6.18 Å². The van der Waals surface area contributed by atoms with Crippen molar-refractivity contribution in [3.63, 3.8) is 0 Å². The minimum atomic E-state index is -4.55. The first-order valence-corrected chi connectivity index (χ1v) is 6.70. The minimum absolute atomic E-state index is 0.0580. The van der Waals surface area contributed by atoms with Crippen molar-refractivity contribution < 1.29 is 17.6 Å². The standard InChI is InChI=1S/C10H5F3O2.C5H13N/c11-10(12,13)7-5-9(14)15-8-4-2-1-3-6(7)8;1-2-3-4-5-6/h1-5H;2-6H2,1H3. The van der Waals surface area contributed by atoms with E-state index in [1.165, 1.54) is 43.5 Å². The predicted molar refractivity (Wildman–Crippen MR) is 76.1 cm³/mol. The van der Waals surface area contributed by atoms with Crippen LogP contribution in [0, 0.1) is 0 Å². The Morgan fingerprint density at radius 3 is 2.38 bits per heavy atom. The van der Waals surface area contributed by atoms with Gasteiger partial charge in [0.1, 0.15) is 5.58 Å². The summed E-state index contributed by atoms with van der Waals surface area (Å²) in [4.78, 5) is 10.9.